The van der Waals surface area contributed by atoms with Gasteiger partial charge in [0, 0.05) is 38.1 Å². The zero-order valence-electron chi connectivity index (χ0n) is 14.5. The number of hydrogen-bond acceptors (Lipinski definition) is 4. The fourth-order valence-electron chi connectivity index (χ4n) is 2.71. The van der Waals surface area contributed by atoms with Gasteiger partial charge in [0.25, 0.3) is 11.5 Å². The summed E-state index contributed by atoms with van der Waals surface area (Å²) in [5.41, 5.74) is 1.41. The molecule has 0 aliphatic rings. The number of pyridine rings is 1. The number of amides is 1. The molecule has 0 atom stereocenters. The van der Waals surface area contributed by atoms with Crippen molar-refractivity contribution in [3.8, 4) is 0 Å². The van der Waals surface area contributed by atoms with Crippen molar-refractivity contribution in [2.45, 2.75) is 6.42 Å². The van der Waals surface area contributed by atoms with Crippen molar-refractivity contribution in [3.63, 3.8) is 0 Å². The van der Waals surface area contributed by atoms with Gasteiger partial charge in [-0.2, -0.15) is 0 Å². The van der Waals surface area contributed by atoms with Crippen LogP contribution < -0.4 is 16.2 Å². The number of hydrogen-bond donors (Lipinski definition) is 3. The molecule has 0 saturated heterocycles. The highest BCUT2D eigenvalue weighted by Crippen LogP contribution is 2.23. The molecular weight excluding hydrogens is 330 g/mol. The van der Waals surface area contributed by atoms with E-state index in [1.165, 1.54) is 16.8 Å². The largest absolute Gasteiger partial charge is 0.396 e. The SMILES string of the molecule is Cn1cc(C(=O)NCCCO)c(Nc2ccc3ccccc3c2)cc1=O. The second-order valence-electron chi connectivity index (χ2n) is 6.07. The Bertz CT molecular complexity index is 995. The van der Waals surface area contributed by atoms with E-state index in [4.69, 9.17) is 5.11 Å². The maximum absolute atomic E-state index is 12.5. The maximum atomic E-state index is 12.5. The highest BCUT2D eigenvalue weighted by Gasteiger charge is 2.13. The lowest BCUT2D eigenvalue weighted by molar-refractivity contribution is 0.0951. The van der Waals surface area contributed by atoms with E-state index in [-0.39, 0.29) is 18.1 Å². The molecule has 3 aromatic rings. The Morgan fingerprint density at radius 3 is 2.65 bits per heavy atom. The van der Waals surface area contributed by atoms with Gasteiger partial charge in [-0.1, -0.05) is 30.3 Å². The molecule has 0 radical (unpaired) electrons. The predicted octanol–water partition coefficient (Wildman–Crippen LogP) is 2.39. The van der Waals surface area contributed by atoms with E-state index >= 15 is 0 Å². The average molecular weight is 351 g/mol. The normalized spacial score (nSPS) is 10.7. The Hall–Kier alpha value is -3.12. The quantitative estimate of drug-likeness (QED) is 0.596. The van der Waals surface area contributed by atoms with E-state index in [0.717, 1.165) is 16.5 Å². The van der Waals surface area contributed by atoms with Crippen LogP contribution in [0.4, 0.5) is 11.4 Å². The number of aryl methyl sites for hydroxylation is 1. The van der Waals surface area contributed by atoms with Crippen molar-refractivity contribution in [2.75, 3.05) is 18.5 Å². The molecular formula is C20H21N3O3. The van der Waals surface area contributed by atoms with Crippen molar-refractivity contribution < 1.29 is 9.90 Å². The number of anilines is 2. The van der Waals surface area contributed by atoms with Gasteiger partial charge in [-0.25, -0.2) is 0 Å². The fraction of sp³-hybridized carbons (Fsp3) is 0.200. The zero-order chi connectivity index (χ0) is 18.5. The molecule has 0 bridgehead atoms. The van der Waals surface area contributed by atoms with Gasteiger partial charge in [0.1, 0.15) is 0 Å². The Labute approximate surface area is 151 Å². The molecule has 134 valence electrons. The van der Waals surface area contributed by atoms with Gasteiger partial charge in [0.15, 0.2) is 0 Å². The first-order valence-electron chi connectivity index (χ1n) is 8.44. The van der Waals surface area contributed by atoms with Crippen LogP contribution in [0.15, 0.2) is 59.5 Å². The number of nitrogens with zero attached hydrogens (tertiary/aromatic N) is 1. The highest BCUT2D eigenvalue weighted by atomic mass is 16.3. The number of carbonyl (C=O) groups is 1. The van der Waals surface area contributed by atoms with Crippen molar-refractivity contribution in [1.29, 1.82) is 0 Å². The third kappa shape index (κ3) is 3.92. The summed E-state index contributed by atoms with van der Waals surface area (Å²) >= 11 is 0. The van der Waals surface area contributed by atoms with Crippen LogP contribution in [0.5, 0.6) is 0 Å². The molecule has 1 amide bonds. The smallest absolute Gasteiger partial charge is 0.254 e. The van der Waals surface area contributed by atoms with Crippen LogP contribution in [0.25, 0.3) is 10.8 Å². The molecule has 1 heterocycles. The summed E-state index contributed by atoms with van der Waals surface area (Å²) < 4.78 is 1.37. The Morgan fingerprint density at radius 1 is 1.12 bits per heavy atom. The summed E-state index contributed by atoms with van der Waals surface area (Å²) in [6, 6.07) is 15.3. The number of benzene rings is 2. The van der Waals surface area contributed by atoms with Crippen LogP contribution >= 0.6 is 0 Å². The number of carbonyl (C=O) groups excluding carboxylic acids is 1. The third-order valence-corrected chi connectivity index (χ3v) is 4.12. The summed E-state index contributed by atoms with van der Waals surface area (Å²) in [5.74, 6) is -0.294. The topological polar surface area (TPSA) is 83.4 Å². The van der Waals surface area contributed by atoms with Crippen LogP contribution in [0.3, 0.4) is 0 Å². The predicted molar refractivity (Wildman–Crippen MR) is 103 cm³/mol. The average Bonchev–Trinajstić information content (AvgIpc) is 2.64. The van der Waals surface area contributed by atoms with E-state index in [2.05, 4.69) is 10.6 Å². The number of aromatic nitrogens is 1. The van der Waals surface area contributed by atoms with Gasteiger partial charge in [0.05, 0.1) is 11.3 Å². The van der Waals surface area contributed by atoms with Gasteiger partial charge in [0.2, 0.25) is 0 Å². The molecule has 6 heteroatoms. The highest BCUT2D eigenvalue weighted by molar-refractivity contribution is 6.00. The zero-order valence-corrected chi connectivity index (χ0v) is 14.5. The molecule has 3 rings (SSSR count). The Kier molecular flexibility index (Phi) is 5.34. The van der Waals surface area contributed by atoms with Gasteiger partial charge < -0.3 is 20.3 Å². The molecule has 2 aromatic carbocycles. The summed E-state index contributed by atoms with van der Waals surface area (Å²) in [6.07, 6.45) is 1.99. The van der Waals surface area contributed by atoms with Gasteiger partial charge in [-0.15, -0.1) is 0 Å². The lowest BCUT2D eigenvalue weighted by Crippen LogP contribution is -2.28. The van der Waals surface area contributed by atoms with E-state index in [0.29, 0.717) is 24.2 Å². The molecule has 0 saturated carbocycles. The monoisotopic (exact) mass is 351 g/mol. The van der Waals surface area contributed by atoms with Crippen LogP contribution in [0, 0.1) is 0 Å². The van der Waals surface area contributed by atoms with Crippen LogP contribution in [-0.4, -0.2) is 28.7 Å². The van der Waals surface area contributed by atoms with Crippen LogP contribution in [-0.2, 0) is 7.05 Å². The summed E-state index contributed by atoms with van der Waals surface area (Å²) in [5, 5.41) is 17.0. The number of fused-ring (bicyclic) bond motifs is 1. The summed E-state index contributed by atoms with van der Waals surface area (Å²) in [7, 11) is 1.60. The standard InChI is InChI=1S/C20H21N3O3/c1-23-13-17(20(26)21-9-4-10-24)18(12-19(23)25)22-16-8-7-14-5-2-3-6-15(14)11-16/h2-3,5-8,11-13,22,24H,4,9-10H2,1H3,(H,21,26). The van der Waals surface area contributed by atoms with Crippen molar-refractivity contribution in [3.05, 3.63) is 70.6 Å². The van der Waals surface area contributed by atoms with E-state index in [1.807, 2.05) is 42.5 Å². The van der Waals surface area contributed by atoms with Crippen molar-refractivity contribution in [2.24, 2.45) is 7.05 Å². The molecule has 0 aliphatic heterocycles. The van der Waals surface area contributed by atoms with Gasteiger partial charge in [-0.3, -0.25) is 9.59 Å². The molecule has 0 spiro atoms. The third-order valence-electron chi connectivity index (χ3n) is 4.12. The molecule has 0 unspecified atom stereocenters. The summed E-state index contributed by atoms with van der Waals surface area (Å²) in [6.45, 7) is 0.378. The fourth-order valence-corrected chi connectivity index (χ4v) is 2.71. The van der Waals surface area contributed by atoms with E-state index in [9.17, 15) is 9.59 Å². The molecule has 3 N–H and O–H groups in total. The minimum Gasteiger partial charge on any atom is -0.396 e. The minimum atomic E-state index is -0.294. The van der Waals surface area contributed by atoms with E-state index < -0.39 is 0 Å². The lowest BCUT2D eigenvalue weighted by atomic mass is 10.1. The Balaban J connectivity index is 1.93. The first kappa shape index (κ1) is 17.7. The maximum Gasteiger partial charge on any atom is 0.254 e. The lowest BCUT2D eigenvalue weighted by Gasteiger charge is -2.14. The molecule has 1 aromatic heterocycles. The number of aliphatic hydroxyl groups is 1. The van der Waals surface area contributed by atoms with Gasteiger partial charge >= 0.3 is 0 Å². The first-order chi connectivity index (χ1) is 12.6. The Morgan fingerprint density at radius 2 is 1.88 bits per heavy atom. The van der Waals surface area contributed by atoms with Crippen LogP contribution in [0.1, 0.15) is 16.8 Å². The number of aliphatic hydroxyl groups excluding tert-OH is 1. The second-order valence-corrected chi connectivity index (χ2v) is 6.07. The molecule has 6 nitrogen and oxygen atoms in total. The number of rotatable bonds is 6. The molecule has 26 heavy (non-hydrogen) atoms. The minimum absolute atomic E-state index is 0.00967. The number of nitrogens with one attached hydrogen (secondary N) is 2. The van der Waals surface area contributed by atoms with Crippen LogP contribution in [0.2, 0.25) is 0 Å². The molecule has 0 fully saturated rings. The second kappa shape index (κ2) is 7.84. The first-order valence-corrected chi connectivity index (χ1v) is 8.44. The van der Waals surface area contributed by atoms with E-state index in [1.54, 1.807) is 7.05 Å². The summed E-state index contributed by atoms with van der Waals surface area (Å²) in [4.78, 5) is 24.5. The van der Waals surface area contributed by atoms with Gasteiger partial charge in [-0.05, 0) is 29.3 Å². The molecule has 0 aliphatic carbocycles. The van der Waals surface area contributed by atoms with Crippen molar-refractivity contribution >= 4 is 28.1 Å². The van der Waals surface area contributed by atoms with Crippen molar-refractivity contribution in [1.82, 2.24) is 9.88 Å².